The topological polar surface area (TPSA) is 68.5 Å². The molecular weight excluding hydrogens is 254 g/mol. The summed E-state index contributed by atoms with van der Waals surface area (Å²) in [5.74, 6) is 0.746. The fraction of sp³-hybridized carbons (Fsp3) is 0.364. The standard InChI is InChI=1S/C11H13N3O3S/c1-14(6-10(15)16-2)5-9-12-11(13-17-9)8-3-4-18-7-8/h3-4,7H,5-6H2,1-2H3. The molecule has 2 aromatic heterocycles. The van der Waals surface area contributed by atoms with Crippen molar-refractivity contribution in [1.82, 2.24) is 15.0 Å². The van der Waals surface area contributed by atoms with Crippen molar-refractivity contribution in [2.45, 2.75) is 6.54 Å². The first-order valence-corrected chi connectivity index (χ1v) is 6.24. The molecular formula is C11H13N3O3S. The molecule has 0 bridgehead atoms. The fourth-order valence-corrected chi connectivity index (χ4v) is 2.03. The van der Waals surface area contributed by atoms with E-state index in [1.807, 2.05) is 16.8 Å². The number of carbonyl (C=O) groups is 1. The minimum Gasteiger partial charge on any atom is -0.468 e. The fourth-order valence-electron chi connectivity index (χ4n) is 1.40. The molecule has 0 atom stereocenters. The van der Waals surface area contributed by atoms with Crippen LogP contribution in [0.5, 0.6) is 0 Å². The van der Waals surface area contributed by atoms with Crippen molar-refractivity contribution in [3.63, 3.8) is 0 Å². The molecule has 0 unspecified atom stereocenters. The number of carbonyl (C=O) groups excluding carboxylic acids is 1. The van der Waals surface area contributed by atoms with E-state index in [1.54, 1.807) is 23.3 Å². The Morgan fingerprint density at radius 1 is 1.61 bits per heavy atom. The van der Waals surface area contributed by atoms with Gasteiger partial charge in [-0.15, -0.1) is 0 Å². The van der Waals surface area contributed by atoms with Crippen molar-refractivity contribution in [2.24, 2.45) is 0 Å². The molecule has 2 rings (SSSR count). The number of likely N-dealkylation sites (N-methyl/N-ethyl adjacent to an activating group) is 1. The Bertz CT molecular complexity index is 509. The van der Waals surface area contributed by atoms with E-state index in [9.17, 15) is 4.79 Å². The Balaban J connectivity index is 1.96. The lowest BCUT2D eigenvalue weighted by molar-refractivity contribution is -0.141. The van der Waals surface area contributed by atoms with Gasteiger partial charge < -0.3 is 9.26 Å². The van der Waals surface area contributed by atoms with Gasteiger partial charge in [-0.2, -0.15) is 16.3 Å². The van der Waals surface area contributed by atoms with E-state index in [2.05, 4.69) is 14.9 Å². The zero-order valence-electron chi connectivity index (χ0n) is 10.1. The van der Waals surface area contributed by atoms with Crippen LogP contribution in [0.15, 0.2) is 21.3 Å². The van der Waals surface area contributed by atoms with E-state index in [0.717, 1.165) is 5.56 Å². The van der Waals surface area contributed by atoms with Crippen LogP contribution in [-0.4, -0.2) is 41.7 Å². The minimum atomic E-state index is -0.296. The van der Waals surface area contributed by atoms with Crippen LogP contribution in [-0.2, 0) is 16.1 Å². The smallest absolute Gasteiger partial charge is 0.319 e. The van der Waals surface area contributed by atoms with Gasteiger partial charge in [0.2, 0.25) is 11.7 Å². The maximum absolute atomic E-state index is 11.1. The van der Waals surface area contributed by atoms with Gasteiger partial charge in [0.05, 0.1) is 20.2 Å². The Hall–Kier alpha value is -1.73. The molecule has 6 nitrogen and oxygen atoms in total. The second-order valence-electron chi connectivity index (χ2n) is 3.77. The second kappa shape index (κ2) is 5.74. The predicted molar refractivity (Wildman–Crippen MR) is 66.0 cm³/mol. The summed E-state index contributed by atoms with van der Waals surface area (Å²) in [6.07, 6.45) is 0. The second-order valence-corrected chi connectivity index (χ2v) is 4.55. The highest BCUT2D eigenvalue weighted by Gasteiger charge is 2.13. The van der Waals surface area contributed by atoms with Gasteiger partial charge >= 0.3 is 5.97 Å². The van der Waals surface area contributed by atoms with Crippen LogP contribution in [0.1, 0.15) is 5.89 Å². The third kappa shape index (κ3) is 3.14. The lowest BCUT2D eigenvalue weighted by Crippen LogP contribution is -2.26. The van der Waals surface area contributed by atoms with Crippen molar-refractivity contribution in [3.05, 3.63) is 22.7 Å². The van der Waals surface area contributed by atoms with Crippen LogP contribution in [0.25, 0.3) is 11.4 Å². The van der Waals surface area contributed by atoms with Crippen LogP contribution in [0, 0.1) is 0 Å². The molecule has 0 saturated carbocycles. The largest absolute Gasteiger partial charge is 0.468 e. The van der Waals surface area contributed by atoms with Crippen LogP contribution in [0.4, 0.5) is 0 Å². The van der Waals surface area contributed by atoms with Gasteiger partial charge in [0.1, 0.15) is 0 Å². The quantitative estimate of drug-likeness (QED) is 0.763. The lowest BCUT2D eigenvalue weighted by atomic mass is 10.3. The molecule has 0 aliphatic heterocycles. The summed E-state index contributed by atoms with van der Waals surface area (Å²) < 4.78 is 9.70. The van der Waals surface area contributed by atoms with E-state index >= 15 is 0 Å². The summed E-state index contributed by atoms with van der Waals surface area (Å²) in [6.45, 7) is 0.596. The van der Waals surface area contributed by atoms with Crippen molar-refractivity contribution in [3.8, 4) is 11.4 Å². The molecule has 96 valence electrons. The molecule has 0 saturated heterocycles. The number of ether oxygens (including phenoxy) is 1. The Morgan fingerprint density at radius 2 is 2.44 bits per heavy atom. The number of methoxy groups -OCH3 is 1. The molecule has 0 aromatic carbocycles. The maximum atomic E-state index is 11.1. The van der Waals surface area contributed by atoms with Gasteiger partial charge in [-0.3, -0.25) is 9.69 Å². The van der Waals surface area contributed by atoms with Gasteiger partial charge in [0.15, 0.2) is 0 Å². The van der Waals surface area contributed by atoms with Gasteiger partial charge in [0.25, 0.3) is 0 Å². The van der Waals surface area contributed by atoms with E-state index in [4.69, 9.17) is 4.52 Å². The highest BCUT2D eigenvalue weighted by atomic mass is 32.1. The zero-order valence-corrected chi connectivity index (χ0v) is 10.9. The molecule has 0 amide bonds. The molecule has 0 aliphatic carbocycles. The molecule has 2 heterocycles. The number of rotatable bonds is 5. The zero-order chi connectivity index (χ0) is 13.0. The summed E-state index contributed by atoms with van der Waals surface area (Å²) in [5, 5.41) is 7.79. The number of hydrogen-bond acceptors (Lipinski definition) is 7. The Labute approximate surface area is 108 Å². The van der Waals surface area contributed by atoms with E-state index < -0.39 is 0 Å². The van der Waals surface area contributed by atoms with Gasteiger partial charge in [0, 0.05) is 10.9 Å². The van der Waals surface area contributed by atoms with Gasteiger partial charge in [-0.05, 0) is 18.5 Å². The molecule has 0 aliphatic rings. The molecule has 2 aromatic rings. The summed E-state index contributed by atoms with van der Waals surface area (Å²) in [6, 6.07) is 1.93. The highest BCUT2D eigenvalue weighted by Crippen LogP contribution is 2.18. The number of hydrogen-bond donors (Lipinski definition) is 0. The number of nitrogens with zero attached hydrogens (tertiary/aromatic N) is 3. The molecule has 0 N–H and O–H groups in total. The molecule has 0 radical (unpaired) electrons. The average Bonchev–Trinajstić information content (AvgIpc) is 2.98. The maximum Gasteiger partial charge on any atom is 0.319 e. The first-order valence-electron chi connectivity index (χ1n) is 5.29. The molecule has 7 heteroatoms. The normalized spacial score (nSPS) is 10.8. The van der Waals surface area contributed by atoms with Crippen LogP contribution < -0.4 is 0 Å². The first-order chi connectivity index (χ1) is 8.69. The number of aromatic nitrogens is 2. The van der Waals surface area contributed by atoms with Crippen molar-refractivity contribution >= 4 is 17.3 Å². The number of thiophene rings is 1. The molecule has 18 heavy (non-hydrogen) atoms. The van der Waals surface area contributed by atoms with Crippen molar-refractivity contribution in [1.29, 1.82) is 0 Å². The Kier molecular flexibility index (Phi) is 4.06. The van der Waals surface area contributed by atoms with Gasteiger partial charge in [-0.25, -0.2) is 0 Å². The summed E-state index contributed by atoms with van der Waals surface area (Å²) in [5.41, 5.74) is 0.936. The third-order valence-electron chi connectivity index (χ3n) is 2.28. The van der Waals surface area contributed by atoms with Crippen molar-refractivity contribution in [2.75, 3.05) is 20.7 Å². The molecule has 0 spiro atoms. The van der Waals surface area contributed by atoms with E-state index in [0.29, 0.717) is 18.3 Å². The number of esters is 1. The summed E-state index contributed by atoms with van der Waals surface area (Å²) in [4.78, 5) is 17.1. The van der Waals surface area contributed by atoms with Gasteiger partial charge in [-0.1, -0.05) is 5.16 Å². The van der Waals surface area contributed by atoms with Crippen molar-refractivity contribution < 1.29 is 14.1 Å². The van der Waals surface area contributed by atoms with Crippen LogP contribution >= 0.6 is 11.3 Å². The lowest BCUT2D eigenvalue weighted by Gasteiger charge is -2.11. The van der Waals surface area contributed by atoms with E-state index in [1.165, 1.54) is 7.11 Å². The molecule has 0 fully saturated rings. The van der Waals surface area contributed by atoms with Crippen LogP contribution in [0.3, 0.4) is 0 Å². The van der Waals surface area contributed by atoms with E-state index in [-0.39, 0.29) is 12.5 Å². The monoisotopic (exact) mass is 267 g/mol. The average molecular weight is 267 g/mol. The summed E-state index contributed by atoms with van der Waals surface area (Å²) >= 11 is 1.58. The summed E-state index contributed by atoms with van der Waals surface area (Å²) in [7, 11) is 3.14. The minimum absolute atomic E-state index is 0.187. The predicted octanol–water partition coefficient (Wildman–Crippen LogP) is 1.40. The highest BCUT2D eigenvalue weighted by molar-refractivity contribution is 7.08. The first kappa shape index (κ1) is 12.7. The SMILES string of the molecule is COC(=O)CN(C)Cc1nc(-c2ccsc2)no1. The Morgan fingerprint density at radius 3 is 3.11 bits per heavy atom. The van der Waals surface area contributed by atoms with Crippen LogP contribution in [0.2, 0.25) is 0 Å². The third-order valence-corrected chi connectivity index (χ3v) is 2.96.